The maximum atomic E-state index is 6.35. The van der Waals surface area contributed by atoms with E-state index in [-0.39, 0.29) is 6.01 Å². The molecule has 7 nitrogen and oxygen atoms in total. The van der Waals surface area contributed by atoms with Gasteiger partial charge < -0.3 is 19.4 Å². The molecule has 0 atom stereocenters. The summed E-state index contributed by atoms with van der Waals surface area (Å²) >= 11 is 0. The van der Waals surface area contributed by atoms with E-state index in [0.29, 0.717) is 11.9 Å². The van der Waals surface area contributed by atoms with E-state index in [1.54, 1.807) is 0 Å². The third kappa shape index (κ3) is 4.94. The van der Waals surface area contributed by atoms with Crippen LogP contribution in [0, 0.1) is 0 Å². The lowest BCUT2D eigenvalue weighted by atomic mass is 9.95. The molecule has 1 saturated carbocycles. The predicted molar refractivity (Wildman–Crippen MR) is 158 cm³/mol. The summed E-state index contributed by atoms with van der Waals surface area (Å²) in [5, 5.41) is 5.57. The summed E-state index contributed by atoms with van der Waals surface area (Å²) < 4.78 is 14.5. The van der Waals surface area contributed by atoms with Gasteiger partial charge in [0.25, 0.3) is 0 Å². The fourth-order valence-corrected chi connectivity index (χ4v) is 5.41. The Labute approximate surface area is 232 Å². The first-order valence-corrected chi connectivity index (χ1v) is 13.8. The largest absolute Gasteiger partial charge is 0.457 e. The number of imidazole rings is 1. The molecule has 1 fully saturated rings. The molecule has 40 heavy (non-hydrogen) atoms. The number of hydrogen-bond donors (Lipinski definition) is 1. The van der Waals surface area contributed by atoms with Gasteiger partial charge in [0.15, 0.2) is 17.0 Å². The normalized spacial score (nSPS) is 13.9. The molecule has 198 valence electrons. The second-order valence-electron chi connectivity index (χ2n) is 10.1. The fourth-order valence-electron chi connectivity index (χ4n) is 5.41. The van der Waals surface area contributed by atoms with Crippen molar-refractivity contribution in [2.45, 2.75) is 38.1 Å². The van der Waals surface area contributed by atoms with Crippen molar-refractivity contribution in [1.29, 1.82) is 0 Å². The van der Waals surface area contributed by atoms with Crippen molar-refractivity contribution in [3.05, 3.63) is 103 Å². The van der Waals surface area contributed by atoms with Crippen LogP contribution in [0.4, 0.5) is 11.5 Å². The van der Waals surface area contributed by atoms with Crippen LogP contribution in [0.2, 0.25) is 0 Å². The predicted octanol–water partition coefficient (Wildman–Crippen LogP) is 8.81. The molecule has 0 unspecified atom stereocenters. The Kier molecular flexibility index (Phi) is 6.46. The molecule has 7 heteroatoms. The fraction of sp³-hybridized carbons (Fsp3) is 0.182. The molecule has 0 aliphatic heterocycles. The minimum absolute atomic E-state index is 0.285. The average molecular weight is 528 g/mol. The number of nitrogens with zero attached hydrogens (tertiary/aromatic N) is 4. The average Bonchev–Trinajstić information content (AvgIpc) is 3.44. The van der Waals surface area contributed by atoms with E-state index in [1.165, 1.54) is 19.3 Å². The summed E-state index contributed by atoms with van der Waals surface area (Å²) in [6.07, 6.45) is 7.87. The first-order valence-electron chi connectivity index (χ1n) is 13.8. The molecule has 1 N–H and O–H groups in total. The van der Waals surface area contributed by atoms with E-state index >= 15 is 0 Å². The van der Waals surface area contributed by atoms with Crippen molar-refractivity contribution >= 4 is 33.4 Å². The van der Waals surface area contributed by atoms with Gasteiger partial charge in [0.2, 0.25) is 0 Å². The van der Waals surface area contributed by atoms with Crippen LogP contribution >= 0.6 is 0 Å². The van der Waals surface area contributed by atoms with Crippen molar-refractivity contribution in [1.82, 2.24) is 19.5 Å². The van der Waals surface area contributed by atoms with Crippen LogP contribution in [0.3, 0.4) is 0 Å². The van der Waals surface area contributed by atoms with Gasteiger partial charge in [0.05, 0.1) is 6.33 Å². The molecule has 0 spiro atoms. The van der Waals surface area contributed by atoms with Crippen LogP contribution in [0.1, 0.15) is 38.1 Å². The van der Waals surface area contributed by atoms with Crippen molar-refractivity contribution in [2.24, 2.45) is 0 Å². The van der Waals surface area contributed by atoms with Gasteiger partial charge in [-0.2, -0.15) is 9.97 Å². The zero-order chi connectivity index (χ0) is 26.7. The minimum atomic E-state index is 0.285. The second kappa shape index (κ2) is 10.7. The molecule has 0 bridgehead atoms. The third-order valence-electron chi connectivity index (χ3n) is 7.42. The highest BCUT2D eigenvalue weighted by Gasteiger charge is 2.22. The number of para-hydroxylation sites is 1. The molecule has 0 radical (unpaired) electrons. The molecule has 2 aromatic heterocycles. The number of nitrogens with one attached hydrogen (secondary N) is 1. The lowest BCUT2D eigenvalue weighted by Gasteiger charge is -2.23. The van der Waals surface area contributed by atoms with Crippen molar-refractivity contribution in [3.8, 4) is 23.3 Å². The van der Waals surface area contributed by atoms with Gasteiger partial charge >= 0.3 is 6.01 Å². The standard InChI is InChI=1S/C33H29N5O2/c1-3-12-25(13-4-1)38-22-34-30-31(35-24-18-20-27(21-19-24)39-26-14-5-2-6-15-26)36-33(37-32(30)38)40-29-17-9-11-23-10-7-8-16-28(23)29/h2,5-11,14-22,25H,1,3-4,12-13H2,(H,35,36,37). The van der Waals surface area contributed by atoms with Crippen LogP contribution in [0.25, 0.3) is 21.9 Å². The van der Waals surface area contributed by atoms with Gasteiger partial charge in [0, 0.05) is 17.1 Å². The Hall–Kier alpha value is -4.91. The summed E-state index contributed by atoms with van der Waals surface area (Å²) in [6.45, 7) is 0. The Morgan fingerprint density at radius 1 is 0.700 bits per heavy atom. The van der Waals surface area contributed by atoms with Crippen molar-refractivity contribution < 1.29 is 9.47 Å². The van der Waals surface area contributed by atoms with Crippen molar-refractivity contribution in [2.75, 3.05) is 5.32 Å². The van der Waals surface area contributed by atoms with Crippen LogP contribution in [0.15, 0.2) is 103 Å². The minimum Gasteiger partial charge on any atom is -0.457 e. The zero-order valence-corrected chi connectivity index (χ0v) is 22.0. The lowest BCUT2D eigenvalue weighted by molar-refractivity contribution is 0.357. The summed E-state index contributed by atoms with van der Waals surface area (Å²) in [6, 6.07) is 32.4. The topological polar surface area (TPSA) is 74.1 Å². The zero-order valence-electron chi connectivity index (χ0n) is 22.0. The second-order valence-corrected chi connectivity index (χ2v) is 10.1. The van der Waals surface area contributed by atoms with E-state index in [1.807, 2.05) is 91.3 Å². The number of benzene rings is 4. The van der Waals surface area contributed by atoms with Gasteiger partial charge in [-0.25, -0.2) is 4.98 Å². The van der Waals surface area contributed by atoms with Gasteiger partial charge in [-0.05, 0) is 60.7 Å². The molecule has 1 aliphatic carbocycles. The molecule has 4 aromatic carbocycles. The molecule has 2 heterocycles. The molecular formula is C33H29N5O2. The Balaban J connectivity index is 1.24. The van der Waals surface area contributed by atoms with E-state index in [0.717, 1.165) is 57.7 Å². The Bertz CT molecular complexity index is 1750. The number of aromatic nitrogens is 4. The highest BCUT2D eigenvalue weighted by Crippen LogP contribution is 2.35. The number of ether oxygens (including phenoxy) is 2. The first-order chi connectivity index (χ1) is 19.8. The summed E-state index contributed by atoms with van der Waals surface area (Å²) in [7, 11) is 0. The maximum absolute atomic E-state index is 6.35. The smallest absolute Gasteiger partial charge is 0.326 e. The molecule has 0 saturated heterocycles. The SMILES string of the molecule is c1ccc(Oc2ccc(Nc3nc(Oc4cccc5ccccc45)nc4c3ncn4C3CCCCC3)cc2)cc1. The van der Waals surface area contributed by atoms with E-state index in [4.69, 9.17) is 24.4 Å². The number of anilines is 2. The first kappa shape index (κ1) is 24.2. The van der Waals surface area contributed by atoms with Gasteiger partial charge in [-0.1, -0.05) is 73.9 Å². The Morgan fingerprint density at radius 3 is 2.30 bits per heavy atom. The van der Waals surface area contributed by atoms with Gasteiger partial charge in [-0.15, -0.1) is 0 Å². The molecule has 6 aromatic rings. The third-order valence-corrected chi connectivity index (χ3v) is 7.42. The number of rotatable bonds is 7. The molecule has 1 aliphatic rings. The Morgan fingerprint density at radius 2 is 1.45 bits per heavy atom. The molecule has 0 amide bonds. The highest BCUT2D eigenvalue weighted by molar-refractivity contribution is 5.89. The van der Waals surface area contributed by atoms with E-state index in [2.05, 4.69) is 22.0 Å². The maximum Gasteiger partial charge on any atom is 0.326 e. The number of hydrogen-bond acceptors (Lipinski definition) is 6. The van der Waals surface area contributed by atoms with Crippen LogP contribution in [0.5, 0.6) is 23.3 Å². The lowest BCUT2D eigenvalue weighted by Crippen LogP contribution is -2.12. The van der Waals surface area contributed by atoms with Crippen LogP contribution < -0.4 is 14.8 Å². The van der Waals surface area contributed by atoms with Crippen molar-refractivity contribution in [3.63, 3.8) is 0 Å². The van der Waals surface area contributed by atoms with Crippen LogP contribution in [-0.2, 0) is 0 Å². The summed E-state index contributed by atoms with van der Waals surface area (Å²) in [4.78, 5) is 14.4. The summed E-state index contributed by atoms with van der Waals surface area (Å²) in [5.41, 5.74) is 2.37. The monoisotopic (exact) mass is 527 g/mol. The number of fused-ring (bicyclic) bond motifs is 2. The summed E-state index contributed by atoms with van der Waals surface area (Å²) in [5.74, 6) is 2.87. The molecule has 7 rings (SSSR count). The van der Waals surface area contributed by atoms with E-state index in [9.17, 15) is 0 Å². The molecular weight excluding hydrogens is 498 g/mol. The van der Waals surface area contributed by atoms with Gasteiger partial charge in [0.1, 0.15) is 17.2 Å². The highest BCUT2D eigenvalue weighted by atomic mass is 16.5. The quantitative estimate of drug-likeness (QED) is 0.224. The van der Waals surface area contributed by atoms with E-state index < -0.39 is 0 Å². The van der Waals surface area contributed by atoms with Gasteiger partial charge in [-0.3, -0.25) is 0 Å². The van der Waals surface area contributed by atoms with Crippen LogP contribution in [-0.4, -0.2) is 19.5 Å².